The van der Waals surface area contributed by atoms with Crippen LogP contribution in [0.15, 0.2) is 9.59 Å². The van der Waals surface area contributed by atoms with E-state index in [9.17, 15) is 9.59 Å². The summed E-state index contributed by atoms with van der Waals surface area (Å²) in [4.78, 5) is 20.4. The third kappa shape index (κ3) is 1.68. The van der Waals surface area contributed by atoms with Crippen LogP contribution in [-0.4, -0.2) is 0 Å². The number of thiol groups is 1. The van der Waals surface area contributed by atoms with E-state index in [0.717, 1.165) is 0 Å². The van der Waals surface area contributed by atoms with Crippen LogP contribution in [0.1, 0.15) is 5.56 Å². The minimum absolute atomic E-state index is 0. The zero-order valence-electron chi connectivity index (χ0n) is 5.34. The van der Waals surface area contributed by atoms with Crippen molar-refractivity contribution >= 4 is 19.2 Å². The predicted octanol–water partition coefficient (Wildman–Crippen LogP) is 0.00212. The third-order valence-electron chi connectivity index (χ3n) is 1.15. The minimum atomic E-state index is -0.650. The summed E-state index contributed by atoms with van der Waals surface area (Å²) in [5.41, 5.74) is 5.77. The van der Waals surface area contributed by atoms with Crippen LogP contribution in [0.5, 0.6) is 0 Å². The molecule has 0 atom stereocenters. The molecule has 1 N–H and O–H groups in total. The van der Waals surface area contributed by atoms with Crippen molar-refractivity contribution in [1.29, 1.82) is 0 Å². The fourth-order valence-electron chi connectivity index (χ4n) is 0.505. The normalized spacial score (nSPS) is 8.10. The van der Waals surface area contributed by atoms with E-state index < -0.39 is 10.9 Å². The van der Waals surface area contributed by atoms with Gasteiger partial charge < -0.3 is 19.2 Å². The summed E-state index contributed by atoms with van der Waals surface area (Å²) in [7, 11) is 0. The molecule has 0 spiro atoms. The first-order valence-corrected chi connectivity index (χ1v) is 2.16. The molecule has 3 nitrogen and oxygen atoms in total. The van der Waals surface area contributed by atoms with Gasteiger partial charge in [-0.25, -0.2) is 0 Å². The van der Waals surface area contributed by atoms with Gasteiger partial charge in [0.1, 0.15) is 0 Å². The van der Waals surface area contributed by atoms with Gasteiger partial charge in [0.05, 0.1) is 0 Å². The van der Waals surface area contributed by atoms with Crippen molar-refractivity contribution in [3.63, 3.8) is 0 Å². The first kappa shape index (κ1) is 13.0. The molecule has 0 amide bonds. The molecule has 0 aliphatic heterocycles. The Kier molecular flexibility index (Phi) is 5.52. The second kappa shape index (κ2) is 4.26. The van der Waals surface area contributed by atoms with Crippen LogP contribution < -0.4 is 10.9 Å². The summed E-state index contributed by atoms with van der Waals surface area (Å²) in [6.07, 6.45) is 0. The van der Waals surface area contributed by atoms with E-state index in [-0.39, 0.29) is 57.5 Å². The van der Waals surface area contributed by atoms with Gasteiger partial charge in [-0.15, -0.1) is 0 Å². The number of hydrogen-bond donors (Lipinski definition) is 0. The van der Waals surface area contributed by atoms with E-state index in [0.29, 0.717) is 0 Å². The quantitative estimate of drug-likeness (QED) is 0.359. The van der Waals surface area contributed by atoms with E-state index in [1.54, 1.807) is 0 Å². The molecule has 0 heterocycles. The van der Waals surface area contributed by atoms with E-state index in [1.807, 2.05) is 0 Å². The van der Waals surface area contributed by atoms with Gasteiger partial charge >= 0.3 is 0 Å². The van der Waals surface area contributed by atoms with Crippen molar-refractivity contribution in [2.75, 3.05) is 0 Å². The summed E-state index contributed by atoms with van der Waals surface area (Å²) >= 11 is 0. The Hall–Kier alpha value is 0.334. The molecular weight excluding hydrogens is 227 g/mol. The molecule has 0 unspecified atom stereocenters. The predicted molar refractivity (Wildman–Crippen MR) is 38.8 cm³/mol. The van der Waals surface area contributed by atoms with Gasteiger partial charge in [-0.05, 0) is 12.5 Å². The second-order valence-electron chi connectivity index (χ2n) is 1.66. The largest absolute Gasteiger partial charge is 0.813 e. The van der Waals surface area contributed by atoms with Gasteiger partial charge in [-0.2, -0.15) is 0 Å². The Labute approximate surface area is 90.0 Å². The van der Waals surface area contributed by atoms with Crippen molar-refractivity contribution < 1.29 is 32.7 Å². The minimum Gasteiger partial charge on any atom is -0.813 e. The fourth-order valence-corrected chi connectivity index (χ4v) is 0.505. The van der Waals surface area contributed by atoms with Crippen LogP contribution >= 0.6 is 0 Å². The molecule has 0 aromatic heterocycles. The van der Waals surface area contributed by atoms with Crippen LogP contribution in [0, 0.1) is 6.92 Å². The third-order valence-corrected chi connectivity index (χ3v) is 1.15. The molecule has 53 valence electrons. The number of nitrogens with one attached hydrogen (secondary N) is 1. The van der Waals surface area contributed by atoms with Crippen molar-refractivity contribution in [3.8, 4) is 0 Å². The maximum absolute atomic E-state index is 10.2. The van der Waals surface area contributed by atoms with E-state index in [4.69, 9.17) is 5.73 Å². The van der Waals surface area contributed by atoms with E-state index in [1.165, 1.54) is 6.92 Å². The smallest absolute Gasteiger partial charge is 0.226 e. The van der Waals surface area contributed by atoms with Crippen LogP contribution in [0.3, 0.4) is 0 Å². The van der Waals surface area contributed by atoms with Gasteiger partial charge in [-0.3, -0.25) is 9.59 Å². The van der Waals surface area contributed by atoms with Crippen molar-refractivity contribution in [3.05, 3.63) is 31.7 Å². The van der Waals surface area contributed by atoms with Crippen LogP contribution in [0.2, 0.25) is 0 Å². The summed E-state index contributed by atoms with van der Waals surface area (Å²) in [6, 6.07) is 0. The van der Waals surface area contributed by atoms with Gasteiger partial charge in [-0.1, -0.05) is 5.69 Å². The molecule has 5 heteroatoms. The first-order valence-electron chi connectivity index (χ1n) is 2.16. The molecule has 0 saturated carbocycles. The Morgan fingerprint density at radius 2 is 1.60 bits per heavy atom. The fraction of sp³-hybridized carbons (Fsp3) is 0.200. The Morgan fingerprint density at radius 1 is 1.20 bits per heavy atom. The molecular formula is C5H5NO2SY-2. The zero-order chi connectivity index (χ0) is 6.31. The summed E-state index contributed by atoms with van der Waals surface area (Å²) in [5, 5.41) is 0. The van der Waals surface area contributed by atoms with Crippen molar-refractivity contribution in [2.45, 2.75) is 6.92 Å². The van der Waals surface area contributed by atoms with Crippen molar-refractivity contribution in [2.24, 2.45) is 0 Å². The molecule has 0 bridgehead atoms. The van der Waals surface area contributed by atoms with Gasteiger partial charge in [0.25, 0.3) is 0 Å². The van der Waals surface area contributed by atoms with Crippen LogP contribution in [0.4, 0.5) is 5.69 Å². The topological polar surface area (TPSA) is 57.9 Å². The molecule has 1 aromatic rings. The van der Waals surface area contributed by atoms with Crippen LogP contribution in [-0.2, 0) is 46.2 Å². The van der Waals surface area contributed by atoms with E-state index in [2.05, 4.69) is 0 Å². The average molecular weight is 232 g/mol. The van der Waals surface area contributed by atoms with E-state index >= 15 is 0 Å². The summed E-state index contributed by atoms with van der Waals surface area (Å²) in [5.74, 6) is 0. The molecule has 10 heavy (non-hydrogen) atoms. The van der Waals surface area contributed by atoms with Gasteiger partial charge in [0, 0.05) is 32.7 Å². The Bertz CT molecular complexity index is 260. The summed E-state index contributed by atoms with van der Waals surface area (Å²) < 4.78 is 0. The average Bonchev–Trinajstić information content (AvgIpc) is 1.83. The number of hydrogen-bond acceptors (Lipinski definition) is 3. The Balaban J connectivity index is 0. The van der Waals surface area contributed by atoms with Gasteiger partial charge in [0.15, 0.2) is 0 Å². The molecule has 0 fully saturated rings. The standard InChI is InChI=1S/C5H5NO2.H2S.Y/c1-2-3(6)5(8)4(2)7;;/h1H3,(H2,6,7);1H2;/p-2. The van der Waals surface area contributed by atoms with Gasteiger partial charge in [0.2, 0.25) is 10.9 Å². The molecule has 0 aliphatic rings. The zero-order valence-corrected chi connectivity index (χ0v) is 9.07. The molecule has 0 saturated heterocycles. The van der Waals surface area contributed by atoms with Crippen LogP contribution in [0.25, 0.3) is 5.73 Å². The maximum atomic E-state index is 10.2. The van der Waals surface area contributed by atoms with Crippen molar-refractivity contribution in [1.82, 2.24) is 0 Å². The molecule has 0 aliphatic carbocycles. The first-order chi connectivity index (χ1) is 3.64. The molecule has 1 rings (SSSR count). The number of rotatable bonds is 0. The molecule has 1 aromatic carbocycles. The summed E-state index contributed by atoms with van der Waals surface area (Å²) in [6.45, 7) is 1.48. The maximum Gasteiger partial charge on any atom is 0.226 e. The monoisotopic (exact) mass is 232 g/mol. The molecule has 1 radical (unpaired) electrons. The SMILES string of the molecule is Cc1c([NH-])c(=O)c1=O.[SH-].[Y]. The Morgan fingerprint density at radius 3 is 1.70 bits per heavy atom. The second-order valence-corrected chi connectivity index (χ2v) is 1.66.